The van der Waals surface area contributed by atoms with Gasteiger partial charge in [-0.2, -0.15) is 0 Å². The van der Waals surface area contributed by atoms with Gasteiger partial charge in [-0.15, -0.1) is 0 Å². The van der Waals surface area contributed by atoms with E-state index in [9.17, 15) is 13.9 Å². The van der Waals surface area contributed by atoms with E-state index < -0.39 is 22.8 Å². The lowest BCUT2D eigenvalue weighted by Gasteiger charge is -2.20. The number of hydrogen-bond acceptors (Lipinski definition) is 1. The molecule has 78 valence electrons. The Hall–Kier alpha value is -0.380. The predicted octanol–water partition coefficient (Wildman–Crippen LogP) is 3.50. The molecule has 0 atom stereocenters. The van der Waals surface area contributed by atoms with E-state index in [1.54, 1.807) is 0 Å². The van der Waals surface area contributed by atoms with Crippen molar-refractivity contribution in [3.63, 3.8) is 0 Å². The molecule has 1 rings (SSSR count). The molecular weight excluding hydrogens is 233 g/mol. The molecule has 0 saturated carbocycles. The summed E-state index contributed by atoms with van der Waals surface area (Å²) >= 11 is 10.9. The topological polar surface area (TPSA) is 20.2 Å². The van der Waals surface area contributed by atoms with Crippen LogP contribution in [0, 0.1) is 11.6 Å². The highest BCUT2D eigenvalue weighted by Crippen LogP contribution is 2.34. The number of hydrogen-bond donors (Lipinski definition) is 1. The van der Waals surface area contributed by atoms with Crippen LogP contribution in [0.1, 0.15) is 19.4 Å². The molecule has 0 aromatic heterocycles. The Balaban J connectivity index is 3.56. The van der Waals surface area contributed by atoms with Gasteiger partial charge >= 0.3 is 0 Å². The van der Waals surface area contributed by atoms with Crippen LogP contribution in [0.15, 0.2) is 6.07 Å². The second-order valence-corrected chi connectivity index (χ2v) is 4.22. The molecule has 0 heterocycles. The van der Waals surface area contributed by atoms with Crippen molar-refractivity contribution in [2.45, 2.75) is 19.4 Å². The van der Waals surface area contributed by atoms with Crippen LogP contribution in [0.25, 0.3) is 0 Å². The Morgan fingerprint density at radius 2 is 1.50 bits per heavy atom. The molecule has 0 aliphatic rings. The Kier molecular flexibility index (Phi) is 3.04. The quantitative estimate of drug-likeness (QED) is 0.746. The van der Waals surface area contributed by atoms with Crippen molar-refractivity contribution in [3.8, 4) is 0 Å². The number of rotatable bonds is 1. The van der Waals surface area contributed by atoms with Crippen molar-refractivity contribution >= 4 is 23.2 Å². The molecule has 1 N–H and O–H groups in total. The van der Waals surface area contributed by atoms with E-state index in [2.05, 4.69) is 0 Å². The van der Waals surface area contributed by atoms with Crippen molar-refractivity contribution in [1.82, 2.24) is 0 Å². The highest BCUT2D eigenvalue weighted by molar-refractivity contribution is 6.34. The normalized spacial score (nSPS) is 11.9. The van der Waals surface area contributed by atoms with Gasteiger partial charge in [0.05, 0.1) is 21.2 Å². The van der Waals surface area contributed by atoms with E-state index >= 15 is 0 Å². The number of benzene rings is 1. The molecule has 0 unspecified atom stereocenters. The summed E-state index contributed by atoms with van der Waals surface area (Å²) in [4.78, 5) is 0. The third kappa shape index (κ3) is 2.00. The van der Waals surface area contributed by atoms with E-state index in [0.29, 0.717) is 0 Å². The second-order valence-electron chi connectivity index (χ2n) is 3.40. The van der Waals surface area contributed by atoms with Crippen LogP contribution in [-0.4, -0.2) is 5.11 Å². The molecule has 0 spiro atoms. The van der Waals surface area contributed by atoms with Crippen LogP contribution in [-0.2, 0) is 5.60 Å². The van der Waals surface area contributed by atoms with Crippen LogP contribution in [0.3, 0.4) is 0 Å². The summed E-state index contributed by atoms with van der Waals surface area (Å²) in [6, 6.07) is 0.961. The maximum Gasteiger partial charge on any atom is 0.150 e. The van der Waals surface area contributed by atoms with Crippen LogP contribution >= 0.6 is 23.2 Å². The summed E-state index contributed by atoms with van der Waals surface area (Å²) < 4.78 is 26.7. The lowest BCUT2D eigenvalue weighted by atomic mass is 9.97. The predicted molar refractivity (Wildman–Crippen MR) is 51.6 cm³/mol. The van der Waals surface area contributed by atoms with E-state index in [-0.39, 0.29) is 10.0 Å². The van der Waals surface area contributed by atoms with Crippen LogP contribution < -0.4 is 0 Å². The molecule has 0 fully saturated rings. The Morgan fingerprint density at radius 3 is 1.79 bits per heavy atom. The second kappa shape index (κ2) is 3.65. The van der Waals surface area contributed by atoms with Crippen LogP contribution in [0.2, 0.25) is 10.0 Å². The van der Waals surface area contributed by atoms with Gasteiger partial charge in [-0.25, -0.2) is 8.78 Å². The Labute approximate surface area is 90.3 Å². The SMILES string of the molecule is CC(C)(O)c1c(F)c(Cl)cc(Cl)c1F. The summed E-state index contributed by atoms with van der Waals surface area (Å²) in [6.45, 7) is 2.50. The summed E-state index contributed by atoms with van der Waals surface area (Å²) in [5, 5.41) is 8.88. The fourth-order valence-corrected chi connectivity index (χ4v) is 1.57. The number of halogens is 4. The summed E-state index contributed by atoms with van der Waals surface area (Å²) in [5.74, 6) is -1.97. The highest BCUT2D eigenvalue weighted by atomic mass is 35.5. The minimum absolute atomic E-state index is 0.312. The van der Waals surface area contributed by atoms with Gasteiger partial charge in [-0.05, 0) is 19.9 Å². The van der Waals surface area contributed by atoms with Gasteiger partial charge in [0.25, 0.3) is 0 Å². The van der Waals surface area contributed by atoms with Gasteiger partial charge in [-0.3, -0.25) is 0 Å². The van der Waals surface area contributed by atoms with E-state index in [1.807, 2.05) is 0 Å². The monoisotopic (exact) mass is 240 g/mol. The van der Waals surface area contributed by atoms with E-state index in [4.69, 9.17) is 23.2 Å². The number of aliphatic hydroxyl groups is 1. The standard InChI is InChI=1S/C9H8Cl2F2O/c1-9(2,14)6-7(12)4(10)3-5(11)8(6)13/h3,14H,1-2H3. The first-order chi connectivity index (χ1) is 6.25. The average molecular weight is 241 g/mol. The summed E-state index contributed by atoms with van der Waals surface area (Å²) in [5.41, 5.74) is -2.18. The average Bonchev–Trinajstić information content (AvgIpc) is 1.98. The van der Waals surface area contributed by atoms with E-state index in [0.717, 1.165) is 6.07 Å². The third-order valence-electron chi connectivity index (χ3n) is 1.72. The van der Waals surface area contributed by atoms with Crippen LogP contribution in [0.5, 0.6) is 0 Å². The maximum atomic E-state index is 13.3. The Morgan fingerprint density at radius 1 is 1.14 bits per heavy atom. The minimum atomic E-state index is -1.66. The molecule has 0 bridgehead atoms. The molecule has 0 radical (unpaired) electrons. The van der Waals surface area contributed by atoms with Gasteiger partial charge in [0, 0.05) is 0 Å². The lowest BCUT2D eigenvalue weighted by Crippen LogP contribution is -2.20. The van der Waals surface area contributed by atoms with Gasteiger partial charge in [-0.1, -0.05) is 23.2 Å². The molecule has 0 amide bonds. The van der Waals surface area contributed by atoms with Crippen molar-refractivity contribution in [1.29, 1.82) is 0 Å². The molecule has 0 saturated heterocycles. The molecule has 5 heteroatoms. The van der Waals surface area contributed by atoms with Crippen molar-refractivity contribution in [2.75, 3.05) is 0 Å². The Bertz CT molecular complexity index is 346. The maximum absolute atomic E-state index is 13.3. The van der Waals surface area contributed by atoms with Gasteiger partial charge in [0.2, 0.25) is 0 Å². The molecule has 14 heavy (non-hydrogen) atoms. The van der Waals surface area contributed by atoms with Crippen molar-refractivity contribution in [3.05, 3.63) is 33.3 Å². The van der Waals surface area contributed by atoms with Gasteiger partial charge in [0.1, 0.15) is 0 Å². The van der Waals surface area contributed by atoms with Crippen LogP contribution in [0.4, 0.5) is 8.78 Å². The third-order valence-corrected chi connectivity index (χ3v) is 2.27. The first kappa shape index (κ1) is 11.7. The zero-order chi connectivity index (χ0) is 11.1. The molecule has 1 nitrogen and oxygen atoms in total. The smallest absolute Gasteiger partial charge is 0.150 e. The molecule has 0 aliphatic carbocycles. The molecule has 1 aromatic carbocycles. The fourth-order valence-electron chi connectivity index (χ4n) is 1.11. The summed E-state index contributed by atoms with van der Waals surface area (Å²) in [6.07, 6.45) is 0. The zero-order valence-electron chi connectivity index (χ0n) is 7.54. The van der Waals surface area contributed by atoms with Crippen molar-refractivity contribution < 1.29 is 13.9 Å². The summed E-state index contributed by atoms with van der Waals surface area (Å²) in [7, 11) is 0. The first-order valence-corrected chi connectivity index (χ1v) is 4.56. The van der Waals surface area contributed by atoms with Crippen molar-refractivity contribution in [2.24, 2.45) is 0 Å². The zero-order valence-corrected chi connectivity index (χ0v) is 9.05. The van der Waals surface area contributed by atoms with Gasteiger partial charge < -0.3 is 5.11 Å². The van der Waals surface area contributed by atoms with E-state index in [1.165, 1.54) is 13.8 Å². The fraction of sp³-hybridized carbons (Fsp3) is 0.333. The lowest BCUT2D eigenvalue weighted by molar-refractivity contribution is 0.0703. The first-order valence-electron chi connectivity index (χ1n) is 3.81. The highest BCUT2D eigenvalue weighted by Gasteiger charge is 2.28. The molecule has 1 aromatic rings. The molecular formula is C9H8Cl2F2O. The largest absolute Gasteiger partial charge is 0.386 e. The minimum Gasteiger partial charge on any atom is -0.386 e. The molecule has 0 aliphatic heterocycles. The van der Waals surface area contributed by atoms with Gasteiger partial charge in [0.15, 0.2) is 11.6 Å².